The Hall–Kier alpha value is -1.40. The molecule has 0 aromatic carbocycles. The zero-order valence-corrected chi connectivity index (χ0v) is 10.8. The SMILES string of the molecule is CCc1nc(Cn2cnc(Cl)c(N)c2=O)cs1. The lowest BCUT2D eigenvalue weighted by molar-refractivity contribution is 0.723. The van der Waals surface area contributed by atoms with E-state index in [0.717, 1.165) is 17.1 Å². The number of halogens is 1. The topological polar surface area (TPSA) is 73.8 Å². The number of nitrogens with zero attached hydrogens (tertiary/aromatic N) is 3. The molecule has 0 saturated heterocycles. The maximum atomic E-state index is 11.8. The van der Waals surface area contributed by atoms with Crippen LogP contribution in [-0.2, 0) is 13.0 Å². The number of aryl methyl sites for hydroxylation is 1. The monoisotopic (exact) mass is 270 g/mol. The van der Waals surface area contributed by atoms with Gasteiger partial charge in [0, 0.05) is 5.38 Å². The minimum absolute atomic E-state index is 0.0277. The minimum Gasteiger partial charge on any atom is -0.392 e. The van der Waals surface area contributed by atoms with Crippen molar-refractivity contribution >= 4 is 28.6 Å². The molecule has 7 heteroatoms. The molecular weight excluding hydrogens is 260 g/mol. The van der Waals surface area contributed by atoms with Gasteiger partial charge < -0.3 is 5.73 Å². The fraction of sp³-hybridized carbons (Fsp3) is 0.300. The molecule has 5 nitrogen and oxygen atoms in total. The lowest BCUT2D eigenvalue weighted by atomic mass is 10.4. The summed E-state index contributed by atoms with van der Waals surface area (Å²) in [6, 6.07) is 0. The molecule has 0 unspecified atom stereocenters. The van der Waals surface area contributed by atoms with Gasteiger partial charge in [0.1, 0.15) is 5.69 Å². The number of thiazole rings is 1. The molecule has 0 aliphatic heterocycles. The molecule has 0 bridgehead atoms. The molecule has 0 aliphatic carbocycles. The second-order valence-electron chi connectivity index (χ2n) is 3.47. The summed E-state index contributed by atoms with van der Waals surface area (Å²) < 4.78 is 1.40. The Bertz CT molecular complexity index is 592. The molecule has 2 aromatic rings. The van der Waals surface area contributed by atoms with E-state index in [9.17, 15) is 4.79 Å². The van der Waals surface area contributed by atoms with Crippen LogP contribution < -0.4 is 11.3 Å². The van der Waals surface area contributed by atoms with Crippen LogP contribution in [0.1, 0.15) is 17.6 Å². The Morgan fingerprint density at radius 3 is 3.00 bits per heavy atom. The van der Waals surface area contributed by atoms with Crippen molar-refractivity contribution in [1.29, 1.82) is 0 Å². The van der Waals surface area contributed by atoms with Gasteiger partial charge in [0.05, 0.1) is 23.6 Å². The number of rotatable bonds is 3. The van der Waals surface area contributed by atoms with Crippen molar-refractivity contribution in [3.63, 3.8) is 0 Å². The highest BCUT2D eigenvalue weighted by Gasteiger charge is 2.08. The lowest BCUT2D eigenvalue weighted by Gasteiger charge is -2.04. The van der Waals surface area contributed by atoms with Crippen molar-refractivity contribution in [2.24, 2.45) is 0 Å². The first-order valence-electron chi connectivity index (χ1n) is 5.05. The number of aromatic nitrogens is 3. The lowest BCUT2D eigenvalue weighted by Crippen LogP contribution is -2.24. The molecule has 0 saturated carbocycles. The highest BCUT2D eigenvalue weighted by atomic mass is 35.5. The van der Waals surface area contributed by atoms with Crippen LogP contribution in [-0.4, -0.2) is 14.5 Å². The predicted octanol–water partition coefficient (Wildman–Crippen LogP) is 1.55. The van der Waals surface area contributed by atoms with Crippen LogP contribution in [0, 0.1) is 0 Å². The molecule has 0 aliphatic rings. The number of nitrogen functional groups attached to an aromatic ring is 1. The fourth-order valence-electron chi connectivity index (χ4n) is 1.36. The fourth-order valence-corrected chi connectivity index (χ4v) is 2.22. The molecule has 90 valence electrons. The van der Waals surface area contributed by atoms with E-state index >= 15 is 0 Å². The summed E-state index contributed by atoms with van der Waals surface area (Å²) in [5, 5.41) is 3.01. The van der Waals surface area contributed by atoms with Crippen molar-refractivity contribution in [1.82, 2.24) is 14.5 Å². The maximum Gasteiger partial charge on any atom is 0.278 e. The van der Waals surface area contributed by atoms with Gasteiger partial charge in [-0.05, 0) is 6.42 Å². The Morgan fingerprint density at radius 1 is 1.59 bits per heavy atom. The molecule has 0 radical (unpaired) electrons. The zero-order chi connectivity index (χ0) is 12.4. The van der Waals surface area contributed by atoms with E-state index < -0.39 is 0 Å². The summed E-state index contributed by atoms with van der Waals surface area (Å²) in [6.45, 7) is 2.40. The smallest absolute Gasteiger partial charge is 0.278 e. The predicted molar refractivity (Wildman–Crippen MR) is 68.5 cm³/mol. The summed E-state index contributed by atoms with van der Waals surface area (Å²) >= 11 is 7.23. The van der Waals surface area contributed by atoms with Gasteiger partial charge in [-0.1, -0.05) is 18.5 Å². The summed E-state index contributed by atoms with van der Waals surface area (Å²) in [4.78, 5) is 20.0. The highest BCUT2D eigenvalue weighted by Crippen LogP contribution is 2.12. The van der Waals surface area contributed by atoms with Gasteiger partial charge in [0.15, 0.2) is 5.15 Å². The first-order chi connectivity index (χ1) is 8.11. The van der Waals surface area contributed by atoms with Crippen LogP contribution in [0.4, 0.5) is 5.69 Å². The summed E-state index contributed by atoms with van der Waals surface area (Å²) in [7, 11) is 0. The average Bonchev–Trinajstić information content (AvgIpc) is 2.78. The van der Waals surface area contributed by atoms with Crippen LogP contribution in [0.5, 0.6) is 0 Å². The molecule has 0 spiro atoms. The third-order valence-electron chi connectivity index (χ3n) is 2.26. The van der Waals surface area contributed by atoms with E-state index in [1.54, 1.807) is 11.3 Å². The quantitative estimate of drug-likeness (QED) is 0.859. The van der Waals surface area contributed by atoms with E-state index in [-0.39, 0.29) is 16.4 Å². The Kier molecular flexibility index (Phi) is 3.44. The molecule has 2 rings (SSSR count). The van der Waals surface area contributed by atoms with Gasteiger partial charge in [0.2, 0.25) is 0 Å². The first-order valence-corrected chi connectivity index (χ1v) is 6.31. The molecule has 2 N–H and O–H groups in total. The third-order valence-corrected chi connectivity index (χ3v) is 3.60. The van der Waals surface area contributed by atoms with E-state index in [2.05, 4.69) is 9.97 Å². The van der Waals surface area contributed by atoms with Gasteiger partial charge in [-0.15, -0.1) is 11.3 Å². The van der Waals surface area contributed by atoms with Crippen molar-refractivity contribution in [2.75, 3.05) is 5.73 Å². The molecule has 2 heterocycles. The van der Waals surface area contributed by atoms with Crippen LogP contribution in [0.2, 0.25) is 5.15 Å². The summed E-state index contributed by atoms with van der Waals surface area (Å²) in [5.41, 5.74) is 5.99. The number of nitrogens with two attached hydrogens (primary N) is 1. The van der Waals surface area contributed by atoms with Crippen molar-refractivity contribution in [2.45, 2.75) is 19.9 Å². The molecule has 17 heavy (non-hydrogen) atoms. The van der Waals surface area contributed by atoms with Gasteiger partial charge in [-0.2, -0.15) is 0 Å². The number of hydrogen-bond donors (Lipinski definition) is 1. The molecule has 0 fully saturated rings. The molecule has 2 aromatic heterocycles. The summed E-state index contributed by atoms with van der Waals surface area (Å²) in [6.07, 6.45) is 2.27. The number of anilines is 1. The molecule has 0 amide bonds. The van der Waals surface area contributed by atoms with E-state index in [4.69, 9.17) is 17.3 Å². The van der Waals surface area contributed by atoms with Gasteiger partial charge in [0.25, 0.3) is 5.56 Å². The number of hydrogen-bond acceptors (Lipinski definition) is 5. The van der Waals surface area contributed by atoms with Gasteiger partial charge in [-0.3, -0.25) is 9.36 Å². The standard InChI is InChI=1S/C10H11ClN4OS/c1-2-7-14-6(4-17-7)3-15-5-13-9(11)8(12)10(15)16/h4-5H,2-3,12H2,1H3. The first kappa shape index (κ1) is 12.1. The van der Waals surface area contributed by atoms with Gasteiger partial charge in [-0.25, -0.2) is 9.97 Å². The second-order valence-corrected chi connectivity index (χ2v) is 4.77. The Morgan fingerprint density at radius 2 is 2.35 bits per heavy atom. The van der Waals surface area contributed by atoms with Crippen LogP contribution >= 0.6 is 22.9 Å². The molecule has 0 atom stereocenters. The Labute approximate surface area is 107 Å². The minimum atomic E-state index is -0.337. The summed E-state index contributed by atoms with van der Waals surface area (Å²) in [5.74, 6) is 0. The van der Waals surface area contributed by atoms with E-state index in [0.29, 0.717) is 6.54 Å². The second kappa shape index (κ2) is 4.85. The van der Waals surface area contributed by atoms with Gasteiger partial charge >= 0.3 is 0 Å². The van der Waals surface area contributed by atoms with E-state index in [1.165, 1.54) is 10.9 Å². The largest absolute Gasteiger partial charge is 0.392 e. The zero-order valence-electron chi connectivity index (χ0n) is 9.18. The van der Waals surface area contributed by atoms with Crippen molar-refractivity contribution in [3.8, 4) is 0 Å². The average molecular weight is 271 g/mol. The Balaban J connectivity index is 2.30. The van der Waals surface area contributed by atoms with E-state index in [1.807, 2.05) is 12.3 Å². The normalized spacial score (nSPS) is 10.7. The highest BCUT2D eigenvalue weighted by molar-refractivity contribution is 7.09. The van der Waals surface area contributed by atoms with Crippen molar-refractivity contribution in [3.05, 3.63) is 37.9 Å². The molecular formula is C10H11ClN4OS. The third kappa shape index (κ3) is 2.48. The van der Waals surface area contributed by atoms with Crippen LogP contribution in [0.25, 0.3) is 0 Å². The van der Waals surface area contributed by atoms with Crippen LogP contribution in [0.3, 0.4) is 0 Å². The van der Waals surface area contributed by atoms with Crippen LogP contribution in [0.15, 0.2) is 16.5 Å². The maximum absolute atomic E-state index is 11.8. The van der Waals surface area contributed by atoms with Crippen molar-refractivity contribution < 1.29 is 0 Å².